The Balaban J connectivity index is 1.08. The summed E-state index contributed by atoms with van der Waals surface area (Å²) in [5.74, 6) is 0. The third-order valence-corrected chi connectivity index (χ3v) is 7.03. The quantitative estimate of drug-likeness (QED) is 0.478. The van der Waals surface area contributed by atoms with Crippen molar-refractivity contribution in [1.82, 2.24) is 10.6 Å². The number of aryl methyl sites for hydroxylation is 2. The van der Waals surface area contributed by atoms with E-state index in [2.05, 4.69) is 70.7 Å². The molecule has 4 rings (SSSR count). The lowest BCUT2D eigenvalue weighted by Gasteiger charge is -2.21. The lowest BCUT2D eigenvalue weighted by atomic mass is 10.1. The van der Waals surface area contributed by atoms with E-state index in [1.54, 1.807) is 0 Å². The minimum Gasteiger partial charge on any atom is -0.371 e. The molecule has 2 aromatic rings. The van der Waals surface area contributed by atoms with E-state index in [9.17, 15) is 0 Å². The van der Waals surface area contributed by atoms with Gasteiger partial charge in [0.2, 0.25) is 0 Å². The first-order valence-corrected chi connectivity index (χ1v) is 12.8. The van der Waals surface area contributed by atoms with Crippen LogP contribution in [-0.2, 0) is 13.1 Å². The fraction of sp³-hybridized carbons (Fsp3) is 0.571. The molecule has 4 nitrogen and oxygen atoms in total. The largest absolute Gasteiger partial charge is 0.371 e. The van der Waals surface area contributed by atoms with Crippen LogP contribution in [0.1, 0.15) is 60.8 Å². The maximum Gasteiger partial charge on any atom is 0.0396 e. The highest BCUT2D eigenvalue weighted by Gasteiger charge is 2.15. The summed E-state index contributed by atoms with van der Waals surface area (Å²) in [6.07, 6.45) is 7.77. The molecule has 174 valence electrons. The molecule has 0 amide bonds. The zero-order chi connectivity index (χ0) is 22.2. The molecule has 0 atom stereocenters. The summed E-state index contributed by atoms with van der Waals surface area (Å²) in [7, 11) is 0. The van der Waals surface area contributed by atoms with E-state index >= 15 is 0 Å². The van der Waals surface area contributed by atoms with Gasteiger partial charge in [0.15, 0.2) is 0 Å². The fourth-order valence-electron chi connectivity index (χ4n) is 5.25. The first-order valence-electron chi connectivity index (χ1n) is 12.8. The minimum atomic E-state index is 0.969. The minimum absolute atomic E-state index is 0.969. The summed E-state index contributed by atoms with van der Waals surface area (Å²) in [4.78, 5) is 5.06. The molecule has 32 heavy (non-hydrogen) atoms. The number of unbranched alkanes of at least 4 members (excludes halogenated alkanes) is 1. The molecule has 2 aromatic carbocycles. The number of rotatable bonds is 11. The third-order valence-electron chi connectivity index (χ3n) is 7.03. The van der Waals surface area contributed by atoms with Crippen molar-refractivity contribution < 1.29 is 0 Å². The molecular formula is C28H42N4. The molecule has 0 unspecified atom stereocenters. The summed E-state index contributed by atoms with van der Waals surface area (Å²) in [5, 5.41) is 7.24. The average molecular weight is 435 g/mol. The van der Waals surface area contributed by atoms with Crippen LogP contribution in [0.2, 0.25) is 0 Å². The second kappa shape index (κ2) is 11.7. The molecular weight excluding hydrogens is 392 g/mol. The van der Waals surface area contributed by atoms with Gasteiger partial charge in [-0.3, -0.25) is 0 Å². The monoisotopic (exact) mass is 434 g/mol. The molecule has 0 saturated carbocycles. The lowest BCUT2D eigenvalue weighted by Crippen LogP contribution is -2.20. The normalized spacial score (nSPS) is 16.3. The Morgan fingerprint density at radius 2 is 1.03 bits per heavy atom. The third kappa shape index (κ3) is 6.26. The van der Waals surface area contributed by atoms with Crippen molar-refractivity contribution in [2.75, 3.05) is 49.1 Å². The number of benzene rings is 2. The van der Waals surface area contributed by atoms with Crippen LogP contribution in [0.5, 0.6) is 0 Å². The van der Waals surface area contributed by atoms with Gasteiger partial charge < -0.3 is 20.4 Å². The van der Waals surface area contributed by atoms with Gasteiger partial charge in [-0.05, 0) is 99.8 Å². The summed E-state index contributed by atoms with van der Waals surface area (Å²) in [6, 6.07) is 14.0. The van der Waals surface area contributed by atoms with Gasteiger partial charge in [0.25, 0.3) is 0 Å². The van der Waals surface area contributed by atoms with E-state index < -0.39 is 0 Å². The Morgan fingerprint density at radius 1 is 0.625 bits per heavy atom. The Hall–Kier alpha value is -2.04. The number of nitrogens with zero attached hydrogens (tertiary/aromatic N) is 2. The van der Waals surface area contributed by atoms with Crippen molar-refractivity contribution in [3.05, 3.63) is 58.7 Å². The van der Waals surface area contributed by atoms with E-state index in [0.29, 0.717) is 0 Å². The van der Waals surface area contributed by atoms with Crippen molar-refractivity contribution in [3.63, 3.8) is 0 Å². The maximum atomic E-state index is 3.62. The van der Waals surface area contributed by atoms with Crippen LogP contribution >= 0.6 is 0 Å². The Morgan fingerprint density at radius 3 is 1.41 bits per heavy atom. The highest BCUT2D eigenvalue weighted by molar-refractivity contribution is 5.55. The number of hydrogen-bond acceptors (Lipinski definition) is 4. The molecule has 2 fully saturated rings. The highest BCUT2D eigenvalue weighted by Crippen LogP contribution is 2.26. The maximum absolute atomic E-state index is 3.62. The molecule has 0 spiro atoms. The van der Waals surface area contributed by atoms with Gasteiger partial charge in [-0.1, -0.05) is 24.3 Å². The lowest BCUT2D eigenvalue weighted by molar-refractivity contribution is 0.582. The molecule has 0 bridgehead atoms. The Labute approximate surface area is 195 Å². The predicted octanol–water partition coefficient (Wildman–Crippen LogP) is 5.16. The van der Waals surface area contributed by atoms with E-state index in [1.165, 1.54) is 98.3 Å². The van der Waals surface area contributed by atoms with Crippen LogP contribution in [0.15, 0.2) is 36.4 Å². The van der Waals surface area contributed by atoms with Crippen molar-refractivity contribution in [2.24, 2.45) is 0 Å². The predicted molar refractivity (Wildman–Crippen MR) is 138 cm³/mol. The van der Waals surface area contributed by atoms with Gasteiger partial charge in [0.05, 0.1) is 0 Å². The zero-order valence-electron chi connectivity index (χ0n) is 20.3. The SMILES string of the molecule is Cc1cc(CNCCCCNCc2ccc(N3CCCC3)c(C)c2)ccc1N1CCCC1. The second-order valence-electron chi connectivity index (χ2n) is 9.69. The van der Waals surface area contributed by atoms with Crippen molar-refractivity contribution in [1.29, 1.82) is 0 Å². The van der Waals surface area contributed by atoms with E-state index in [-0.39, 0.29) is 0 Å². The molecule has 0 aliphatic carbocycles. The summed E-state index contributed by atoms with van der Waals surface area (Å²) >= 11 is 0. The van der Waals surface area contributed by atoms with Gasteiger partial charge >= 0.3 is 0 Å². The molecule has 2 heterocycles. The summed E-state index contributed by atoms with van der Waals surface area (Å²) in [5.41, 5.74) is 8.49. The van der Waals surface area contributed by atoms with E-state index in [0.717, 1.165) is 26.2 Å². The second-order valence-corrected chi connectivity index (χ2v) is 9.69. The molecule has 0 aromatic heterocycles. The van der Waals surface area contributed by atoms with Crippen LogP contribution in [-0.4, -0.2) is 39.3 Å². The van der Waals surface area contributed by atoms with Crippen LogP contribution in [0.25, 0.3) is 0 Å². The number of anilines is 2. The topological polar surface area (TPSA) is 30.5 Å². The summed E-state index contributed by atoms with van der Waals surface area (Å²) in [6.45, 7) is 13.5. The van der Waals surface area contributed by atoms with Crippen molar-refractivity contribution in [2.45, 2.75) is 65.5 Å². The van der Waals surface area contributed by atoms with E-state index in [4.69, 9.17) is 0 Å². The zero-order valence-corrected chi connectivity index (χ0v) is 20.3. The van der Waals surface area contributed by atoms with Crippen molar-refractivity contribution >= 4 is 11.4 Å². The van der Waals surface area contributed by atoms with Crippen LogP contribution in [0.4, 0.5) is 11.4 Å². The Kier molecular flexibility index (Phi) is 8.47. The van der Waals surface area contributed by atoms with Crippen LogP contribution < -0.4 is 20.4 Å². The molecule has 2 N–H and O–H groups in total. The van der Waals surface area contributed by atoms with Gasteiger partial charge in [-0.2, -0.15) is 0 Å². The summed E-state index contributed by atoms with van der Waals surface area (Å²) < 4.78 is 0. The number of nitrogens with one attached hydrogen (secondary N) is 2. The number of hydrogen-bond donors (Lipinski definition) is 2. The van der Waals surface area contributed by atoms with Gasteiger partial charge in [-0.25, -0.2) is 0 Å². The van der Waals surface area contributed by atoms with Crippen molar-refractivity contribution in [3.8, 4) is 0 Å². The first kappa shape index (κ1) is 23.1. The van der Waals surface area contributed by atoms with Gasteiger partial charge in [-0.15, -0.1) is 0 Å². The fourth-order valence-corrected chi connectivity index (χ4v) is 5.25. The first-order chi connectivity index (χ1) is 15.7. The molecule has 4 heteroatoms. The van der Waals surface area contributed by atoms with Crippen LogP contribution in [0, 0.1) is 13.8 Å². The molecule has 2 aliphatic rings. The van der Waals surface area contributed by atoms with Gasteiger partial charge in [0, 0.05) is 50.6 Å². The highest BCUT2D eigenvalue weighted by atomic mass is 15.1. The Bertz CT molecular complexity index is 779. The standard InChI is InChI=1S/C28H42N4/c1-23-19-25(9-11-27(23)31-15-5-6-16-31)21-29-13-3-4-14-30-22-26-10-12-28(24(2)20-26)32-17-7-8-18-32/h9-12,19-20,29-30H,3-8,13-18,21-22H2,1-2H3. The van der Waals surface area contributed by atoms with Crippen LogP contribution in [0.3, 0.4) is 0 Å². The molecule has 2 aliphatic heterocycles. The van der Waals surface area contributed by atoms with E-state index in [1.807, 2.05) is 0 Å². The molecule has 2 saturated heterocycles. The van der Waals surface area contributed by atoms with Gasteiger partial charge in [0.1, 0.15) is 0 Å². The molecule has 0 radical (unpaired) electrons. The smallest absolute Gasteiger partial charge is 0.0396 e. The average Bonchev–Trinajstić information content (AvgIpc) is 3.50.